The van der Waals surface area contributed by atoms with E-state index >= 15 is 0 Å². The number of H-pyrrole nitrogens is 1. The molecule has 2 aromatic rings. The number of nitrogens with one attached hydrogen (secondary N) is 1. The summed E-state index contributed by atoms with van der Waals surface area (Å²) in [5.74, 6) is 0. The maximum absolute atomic E-state index is 9.13. The van der Waals surface area contributed by atoms with E-state index in [1.807, 2.05) is 30.5 Å². The SMILES string of the molecule is CCCCCC(=NO)c1c[nH]c2ccccc12. The largest absolute Gasteiger partial charge is 0.411 e. The Balaban J connectivity index is 2.25. The standard InChI is InChI=1S/C14H18N2O/c1-2-3-4-9-14(16-17)12-10-15-13-8-6-5-7-11(12)13/h5-8,10,15,17H,2-4,9H2,1H3. The average molecular weight is 230 g/mol. The van der Waals surface area contributed by atoms with Crippen LogP contribution in [0.25, 0.3) is 10.9 Å². The van der Waals surface area contributed by atoms with Crippen molar-refractivity contribution in [3.63, 3.8) is 0 Å². The number of unbranched alkanes of at least 4 members (excludes halogenated alkanes) is 2. The molecule has 1 heterocycles. The number of hydrogen-bond acceptors (Lipinski definition) is 2. The van der Waals surface area contributed by atoms with E-state index in [1.165, 1.54) is 12.8 Å². The van der Waals surface area contributed by atoms with Crippen LogP contribution in [0, 0.1) is 0 Å². The molecule has 0 bridgehead atoms. The van der Waals surface area contributed by atoms with E-state index in [9.17, 15) is 0 Å². The first-order chi connectivity index (χ1) is 8.36. The van der Waals surface area contributed by atoms with Gasteiger partial charge in [-0.3, -0.25) is 0 Å². The van der Waals surface area contributed by atoms with Crippen molar-refractivity contribution >= 4 is 16.6 Å². The lowest BCUT2D eigenvalue weighted by Crippen LogP contribution is -2.00. The van der Waals surface area contributed by atoms with E-state index in [1.54, 1.807) is 0 Å². The van der Waals surface area contributed by atoms with Gasteiger partial charge in [0.25, 0.3) is 0 Å². The second-order valence-corrected chi connectivity index (χ2v) is 4.25. The number of benzene rings is 1. The summed E-state index contributed by atoms with van der Waals surface area (Å²) in [6.07, 6.45) is 6.15. The second-order valence-electron chi connectivity index (χ2n) is 4.25. The van der Waals surface area contributed by atoms with Crippen molar-refractivity contribution in [1.29, 1.82) is 0 Å². The van der Waals surface area contributed by atoms with E-state index in [0.717, 1.165) is 35.0 Å². The lowest BCUT2D eigenvalue weighted by Gasteiger charge is -2.02. The lowest BCUT2D eigenvalue weighted by molar-refractivity contribution is 0.318. The van der Waals surface area contributed by atoms with Crippen LogP contribution in [-0.2, 0) is 0 Å². The number of rotatable bonds is 5. The van der Waals surface area contributed by atoms with Crippen LogP contribution < -0.4 is 0 Å². The topological polar surface area (TPSA) is 48.4 Å². The molecule has 3 heteroatoms. The predicted octanol–water partition coefficient (Wildman–Crippen LogP) is 3.93. The van der Waals surface area contributed by atoms with Crippen molar-refractivity contribution in [1.82, 2.24) is 4.98 Å². The molecule has 0 saturated carbocycles. The molecule has 2 rings (SSSR count). The lowest BCUT2D eigenvalue weighted by atomic mass is 10.0. The molecule has 0 aliphatic carbocycles. The number of aromatic nitrogens is 1. The van der Waals surface area contributed by atoms with Crippen LogP contribution in [0.2, 0.25) is 0 Å². The normalized spacial score (nSPS) is 12.2. The fraction of sp³-hybridized carbons (Fsp3) is 0.357. The molecule has 1 aromatic carbocycles. The van der Waals surface area contributed by atoms with Gasteiger partial charge in [-0.05, 0) is 18.9 Å². The number of nitrogens with zero attached hydrogens (tertiary/aromatic N) is 1. The van der Waals surface area contributed by atoms with Gasteiger partial charge in [-0.25, -0.2) is 0 Å². The van der Waals surface area contributed by atoms with Gasteiger partial charge in [-0.2, -0.15) is 0 Å². The zero-order chi connectivity index (χ0) is 12.1. The third kappa shape index (κ3) is 2.49. The Labute approximate surface area is 101 Å². The average Bonchev–Trinajstić information content (AvgIpc) is 2.79. The highest BCUT2D eigenvalue weighted by Crippen LogP contribution is 2.20. The van der Waals surface area contributed by atoms with Crippen LogP contribution in [-0.4, -0.2) is 15.9 Å². The van der Waals surface area contributed by atoms with Crippen molar-refractivity contribution < 1.29 is 5.21 Å². The van der Waals surface area contributed by atoms with Crippen LogP contribution in [0.1, 0.15) is 38.2 Å². The van der Waals surface area contributed by atoms with E-state index in [-0.39, 0.29) is 0 Å². The van der Waals surface area contributed by atoms with Crippen LogP contribution in [0.3, 0.4) is 0 Å². The zero-order valence-corrected chi connectivity index (χ0v) is 10.1. The quantitative estimate of drug-likeness (QED) is 0.348. The molecule has 90 valence electrons. The van der Waals surface area contributed by atoms with Crippen LogP contribution >= 0.6 is 0 Å². The van der Waals surface area contributed by atoms with E-state index in [2.05, 4.69) is 17.1 Å². The molecule has 0 aliphatic heterocycles. The molecule has 0 spiro atoms. The molecule has 0 fully saturated rings. The Morgan fingerprint density at radius 2 is 2.12 bits per heavy atom. The van der Waals surface area contributed by atoms with Gasteiger partial charge in [0.15, 0.2) is 0 Å². The summed E-state index contributed by atoms with van der Waals surface area (Å²) in [5.41, 5.74) is 2.87. The minimum Gasteiger partial charge on any atom is -0.411 e. The van der Waals surface area contributed by atoms with Crippen LogP contribution in [0.15, 0.2) is 35.6 Å². The summed E-state index contributed by atoms with van der Waals surface area (Å²) >= 11 is 0. The summed E-state index contributed by atoms with van der Waals surface area (Å²) in [4.78, 5) is 3.20. The summed E-state index contributed by atoms with van der Waals surface area (Å²) in [7, 11) is 0. The Morgan fingerprint density at radius 3 is 2.88 bits per heavy atom. The summed E-state index contributed by atoms with van der Waals surface area (Å²) in [5, 5.41) is 13.7. The third-order valence-electron chi connectivity index (χ3n) is 3.04. The van der Waals surface area contributed by atoms with Gasteiger partial charge in [0.1, 0.15) is 0 Å². The Hall–Kier alpha value is -1.77. The van der Waals surface area contributed by atoms with Gasteiger partial charge < -0.3 is 10.2 Å². The molecule has 2 N–H and O–H groups in total. The van der Waals surface area contributed by atoms with Crippen molar-refractivity contribution in [3.8, 4) is 0 Å². The first-order valence-corrected chi connectivity index (χ1v) is 6.14. The van der Waals surface area contributed by atoms with Gasteiger partial charge in [-0.15, -0.1) is 0 Å². The van der Waals surface area contributed by atoms with E-state index in [4.69, 9.17) is 5.21 Å². The van der Waals surface area contributed by atoms with Crippen molar-refractivity contribution in [2.24, 2.45) is 5.16 Å². The van der Waals surface area contributed by atoms with Crippen molar-refractivity contribution in [2.45, 2.75) is 32.6 Å². The molecule has 0 radical (unpaired) electrons. The van der Waals surface area contributed by atoms with E-state index < -0.39 is 0 Å². The smallest absolute Gasteiger partial charge is 0.0889 e. The Kier molecular flexibility index (Phi) is 3.81. The molecule has 3 nitrogen and oxygen atoms in total. The summed E-state index contributed by atoms with van der Waals surface area (Å²) in [6.45, 7) is 2.17. The monoisotopic (exact) mass is 230 g/mol. The maximum Gasteiger partial charge on any atom is 0.0889 e. The highest BCUT2D eigenvalue weighted by atomic mass is 16.4. The predicted molar refractivity (Wildman–Crippen MR) is 70.8 cm³/mol. The zero-order valence-electron chi connectivity index (χ0n) is 10.1. The Morgan fingerprint density at radius 1 is 1.29 bits per heavy atom. The first-order valence-electron chi connectivity index (χ1n) is 6.14. The highest BCUT2D eigenvalue weighted by molar-refractivity contribution is 6.10. The number of aromatic amines is 1. The molecule has 1 aromatic heterocycles. The van der Waals surface area contributed by atoms with E-state index in [0.29, 0.717) is 0 Å². The Bertz CT molecular complexity index is 514. The van der Waals surface area contributed by atoms with Crippen molar-refractivity contribution in [2.75, 3.05) is 0 Å². The molecule has 0 atom stereocenters. The van der Waals surface area contributed by atoms with Crippen LogP contribution in [0.5, 0.6) is 0 Å². The molecule has 0 saturated heterocycles. The molecule has 17 heavy (non-hydrogen) atoms. The number of fused-ring (bicyclic) bond motifs is 1. The third-order valence-corrected chi connectivity index (χ3v) is 3.04. The number of para-hydroxylation sites is 1. The first kappa shape index (κ1) is 11.7. The second kappa shape index (κ2) is 5.53. The fourth-order valence-corrected chi connectivity index (χ4v) is 2.09. The number of hydrogen-bond donors (Lipinski definition) is 2. The molecule has 0 amide bonds. The molecular weight excluding hydrogens is 212 g/mol. The molecule has 0 aliphatic rings. The van der Waals surface area contributed by atoms with Gasteiger partial charge in [0.2, 0.25) is 0 Å². The van der Waals surface area contributed by atoms with Gasteiger partial charge >= 0.3 is 0 Å². The fourth-order valence-electron chi connectivity index (χ4n) is 2.09. The molecular formula is C14H18N2O. The highest BCUT2D eigenvalue weighted by Gasteiger charge is 2.09. The number of oxime groups is 1. The maximum atomic E-state index is 9.13. The minimum absolute atomic E-state index is 0.774. The minimum atomic E-state index is 0.774. The molecule has 0 unspecified atom stereocenters. The van der Waals surface area contributed by atoms with Gasteiger partial charge in [0, 0.05) is 22.7 Å². The van der Waals surface area contributed by atoms with Crippen molar-refractivity contribution in [3.05, 3.63) is 36.0 Å². The summed E-state index contributed by atoms with van der Waals surface area (Å²) < 4.78 is 0. The van der Waals surface area contributed by atoms with Gasteiger partial charge in [-0.1, -0.05) is 43.1 Å². The summed E-state index contributed by atoms with van der Waals surface area (Å²) in [6, 6.07) is 8.07. The van der Waals surface area contributed by atoms with Gasteiger partial charge in [0.05, 0.1) is 5.71 Å². The van der Waals surface area contributed by atoms with Crippen LogP contribution in [0.4, 0.5) is 0 Å².